The molecular weight excluding hydrogens is 308 g/mol. The van der Waals surface area contributed by atoms with Gasteiger partial charge in [0.15, 0.2) is 0 Å². The molecule has 0 spiro atoms. The molecule has 3 aromatic rings. The fourth-order valence-electron chi connectivity index (χ4n) is 2.31. The van der Waals surface area contributed by atoms with E-state index in [2.05, 4.69) is 15.3 Å². The van der Waals surface area contributed by atoms with Crippen molar-refractivity contribution in [3.05, 3.63) is 77.1 Å². The minimum Gasteiger partial charge on any atom is -0.352 e. The Hall–Kier alpha value is -2.73. The number of imidazole rings is 1. The van der Waals surface area contributed by atoms with Gasteiger partial charge in [0, 0.05) is 24.3 Å². The number of nitrogens with one attached hydrogen (secondary N) is 2. The number of rotatable bonds is 4. The third kappa shape index (κ3) is 3.37. The topological polar surface area (TPSA) is 62.7 Å². The highest BCUT2D eigenvalue weighted by atomic mass is 32.1. The lowest BCUT2D eigenvalue weighted by Gasteiger charge is -2.15. The van der Waals surface area contributed by atoms with Gasteiger partial charge < -0.3 is 14.9 Å². The van der Waals surface area contributed by atoms with Gasteiger partial charge in [-0.15, -0.1) is 0 Å². The Morgan fingerprint density at radius 3 is 2.74 bits per heavy atom. The minimum absolute atomic E-state index is 0.117. The average Bonchev–Trinajstić information content (AvgIpc) is 3.09. The van der Waals surface area contributed by atoms with Crippen LogP contribution in [0.5, 0.6) is 0 Å². The van der Waals surface area contributed by atoms with E-state index in [4.69, 9.17) is 12.2 Å². The predicted octanol–water partition coefficient (Wildman–Crippen LogP) is 3.42. The number of aromatic amines is 1. The van der Waals surface area contributed by atoms with Crippen LogP contribution in [0.2, 0.25) is 0 Å². The summed E-state index contributed by atoms with van der Waals surface area (Å²) in [6.07, 6.45) is 7.08. The summed E-state index contributed by atoms with van der Waals surface area (Å²) in [5.74, 6) is -0.182. The fraction of sp³-hybridized carbons (Fsp3) is 0.118. The molecule has 0 aliphatic carbocycles. The third-order valence-corrected chi connectivity index (χ3v) is 3.94. The van der Waals surface area contributed by atoms with Gasteiger partial charge in [0.05, 0.1) is 17.9 Å². The van der Waals surface area contributed by atoms with Crippen molar-refractivity contribution in [1.82, 2.24) is 19.9 Å². The van der Waals surface area contributed by atoms with Crippen LogP contribution < -0.4 is 5.32 Å². The number of pyridine rings is 1. The second-order valence-corrected chi connectivity index (χ2v) is 5.58. The Morgan fingerprint density at radius 2 is 2.09 bits per heavy atom. The summed E-state index contributed by atoms with van der Waals surface area (Å²) in [6.45, 7) is 1.94. The van der Waals surface area contributed by atoms with Crippen LogP contribution in [0.25, 0.3) is 5.69 Å². The van der Waals surface area contributed by atoms with Crippen LogP contribution in [0.3, 0.4) is 0 Å². The number of H-pyrrole nitrogens is 1. The van der Waals surface area contributed by atoms with E-state index in [1.165, 1.54) is 0 Å². The molecule has 2 aromatic heterocycles. The molecule has 1 atom stereocenters. The van der Waals surface area contributed by atoms with Crippen molar-refractivity contribution in [2.75, 3.05) is 0 Å². The fourth-order valence-corrected chi connectivity index (χ4v) is 2.53. The van der Waals surface area contributed by atoms with Gasteiger partial charge in [0.2, 0.25) is 0 Å². The van der Waals surface area contributed by atoms with E-state index in [1.807, 2.05) is 42.0 Å². The average molecular weight is 324 g/mol. The maximum Gasteiger partial charge on any atom is 0.254 e. The second kappa shape index (κ2) is 6.58. The molecule has 116 valence electrons. The maximum atomic E-state index is 12.3. The normalized spacial score (nSPS) is 11.9. The molecule has 2 heterocycles. The molecule has 0 radical (unpaired) electrons. The zero-order valence-corrected chi connectivity index (χ0v) is 13.4. The summed E-state index contributed by atoms with van der Waals surface area (Å²) in [7, 11) is 0. The molecule has 1 unspecified atom stereocenters. The molecular formula is C17H16N4OS. The summed E-state index contributed by atoms with van der Waals surface area (Å²) >= 11 is 5.14. The number of aromatic nitrogens is 3. The van der Waals surface area contributed by atoms with Gasteiger partial charge in [-0.1, -0.05) is 24.4 Å². The maximum absolute atomic E-state index is 12.3. The molecule has 0 saturated heterocycles. The minimum atomic E-state index is -0.182. The number of carbonyl (C=O) groups excluding carboxylic acids is 1. The van der Waals surface area contributed by atoms with Crippen LogP contribution in [-0.4, -0.2) is 20.4 Å². The summed E-state index contributed by atoms with van der Waals surface area (Å²) < 4.78 is 2.36. The van der Waals surface area contributed by atoms with Gasteiger partial charge in [0.25, 0.3) is 5.91 Å². The first kappa shape index (κ1) is 15.2. The standard InChI is InChI=1S/C17H16N4OS/c1-12(20-16(22)15-3-2-8-19-17(15)23)13-4-6-14(7-5-13)21-10-9-18-11-21/h2-12H,1H3,(H,19,23)(H,20,22). The highest BCUT2D eigenvalue weighted by Crippen LogP contribution is 2.16. The van der Waals surface area contributed by atoms with Gasteiger partial charge in [-0.3, -0.25) is 4.79 Å². The van der Waals surface area contributed by atoms with Crippen LogP contribution in [0, 0.1) is 4.64 Å². The van der Waals surface area contributed by atoms with E-state index in [1.54, 1.807) is 30.9 Å². The van der Waals surface area contributed by atoms with Crippen molar-refractivity contribution < 1.29 is 4.79 Å². The molecule has 0 fully saturated rings. The quantitative estimate of drug-likeness (QED) is 0.723. The molecule has 0 aliphatic heterocycles. The van der Waals surface area contributed by atoms with Crippen molar-refractivity contribution in [3.8, 4) is 5.69 Å². The first-order valence-corrected chi connectivity index (χ1v) is 7.63. The molecule has 3 rings (SSSR count). The number of hydrogen-bond acceptors (Lipinski definition) is 3. The zero-order chi connectivity index (χ0) is 16.2. The molecule has 5 nitrogen and oxygen atoms in total. The smallest absolute Gasteiger partial charge is 0.254 e. The Bertz CT molecular complexity index is 853. The van der Waals surface area contributed by atoms with E-state index in [0.717, 1.165) is 11.3 Å². The summed E-state index contributed by atoms with van der Waals surface area (Å²) in [4.78, 5) is 19.2. The lowest BCUT2D eigenvalue weighted by Crippen LogP contribution is -2.27. The van der Waals surface area contributed by atoms with Crippen LogP contribution in [0.4, 0.5) is 0 Å². The van der Waals surface area contributed by atoms with Crippen molar-refractivity contribution in [3.63, 3.8) is 0 Å². The molecule has 0 aliphatic rings. The second-order valence-electron chi connectivity index (χ2n) is 5.17. The summed E-state index contributed by atoms with van der Waals surface area (Å²) in [6, 6.07) is 11.3. The molecule has 6 heteroatoms. The molecule has 1 amide bonds. The summed E-state index contributed by atoms with van der Waals surface area (Å²) in [5.41, 5.74) is 2.52. The van der Waals surface area contributed by atoms with Crippen molar-refractivity contribution in [1.29, 1.82) is 0 Å². The van der Waals surface area contributed by atoms with Gasteiger partial charge in [-0.25, -0.2) is 4.98 Å². The molecule has 23 heavy (non-hydrogen) atoms. The SMILES string of the molecule is CC(NC(=O)c1ccc[nH]c1=S)c1ccc(-n2ccnc2)cc1. The Balaban J connectivity index is 1.73. The van der Waals surface area contributed by atoms with E-state index < -0.39 is 0 Å². The van der Waals surface area contributed by atoms with Crippen LogP contribution in [0.15, 0.2) is 61.3 Å². The zero-order valence-electron chi connectivity index (χ0n) is 12.6. The van der Waals surface area contributed by atoms with Crippen LogP contribution >= 0.6 is 12.2 Å². The van der Waals surface area contributed by atoms with Gasteiger partial charge in [0.1, 0.15) is 4.64 Å². The van der Waals surface area contributed by atoms with E-state index >= 15 is 0 Å². The highest BCUT2D eigenvalue weighted by molar-refractivity contribution is 7.71. The third-order valence-electron chi connectivity index (χ3n) is 3.61. The van der Waals surface area contributed by atoms with Crippen molar-refractivity contribution in [2.45, 2.75) is 13.0 Å². The van der Waals surface area contributed by atoms with E-state index in [0.29, 0.717) is 10.2 Å². The first-order chi connectivity index (χ1) is 11.1. The van der Waals surface area contributed by atoms with Gasteiger partial charge in [-0.2, -0.15) is 0 Å². The van der Waals surface area contributed by atoms with Crippen molar-refractivity contribution >= 4 is 18.1 Å². The van der Waals surface area contributed by atoms with Crippen LogP contribution in [0.1, 0.15) is 28.9 Å². The lowest BCUT2D eigenvalue weighted by atomic mass is 10.1. The van der Waals surface area contributed by atoms with E-state index in [-0.39, 0.29) is 11.9 Å². The Kier molecular flexibility index (Phi) is 4.34. The van der Waals surface area contributed by atoms with Gasteiger partial charge in [-0.05, 0) is 36.8 Å². The largest absolute Gasteiger partial charge is 0.352 e. The highest BCUT2D eigenvalue weighted by Gasteiger charge is 2.12. The van der Waals surface area contributed by atoms with E-state index in [9.17, 15) is 4.79 Å². The van der Waals surface area contributed by atoms with Crippen LogP contribution in [-0.2, 0) is 0 Å². The molecule has 2 N–H and O–H groups in total. The molecule has 1 aromatic carbocycles. The molecule has 0 bridgehead atoms. The predicted molar refractivity (Wildman–Crippen MR) is 91.1 cm³/mol. The lowest BCUT2D eigenvalue weighted by molar-refractivity contribution is 0.0939. The number of benzene rings is 1. The van der Waals surface area contributed by atoms with Gasteiger partial charge >= 0.3 is 0 Å². The molecule has 0 saturated carbocycles. The first-order valence-electron chi connectivity index (χ1n) is 7.22. The number of hydrogen-bond donors (Lipinski definition) is 2. The number of nitrogens with zero attached hydrogens (tertiary/aromatic N) is 2. The summed E-state index contributed by atoms with van der Waals surface area (Å²) in [5, 5.41) is 2.96. The Morgan fingerprint density at radius 1 is 1.30 bits per heavy atom. The monoisotopic (exact) mass is 324 g/mol. The van der Waals surface area contributed by atoms with Crippen molar-refractivity contribution in [2.24, 2.45) is 0 Å². The number of carbonyl (C=O) groups is 1. The Labute approximate surface area is 139 Å². The number of amides is 1.